The standard InChI is InChI=1S/C19H24N4O/c1-23(2)17-10-7-15(8-11-17)21-16-9-12-18(20-13-16)19(24)22-14-5-3-4-6-14/h7-14,21H,3-6H2,1-2H3,(H,22,24). The third-order valence-electron chi connectivity index (χ3n) is 4.36. The van der Waals surface area contributed by atoms with Crippen molar-refractivity contribution < 1.29 is 4.79 Å². The average molecular weight is 324 g/mol. The Morgan fingerprint density at radius 1 is 1.04 bits per heavy atom. The van der Waals surface area contributed by atoms with Crippen molar-refractivity contribution in [2.75, 3.05) is 24.3 Å². The summed E-state index contributed by atoms with van der Waals surface area (Å²) in [7, 11) is 4.03. The molecule has 1 heterocycles. The highest BCUT2D eigenvalue weighted by molar-refractivity contribution is 5.92. The molecule has 24 heavy (non-hydrogen) atoms. The number of aromatic nitrogens is 1. The summed E-state index contributed by atoms with van der Waals surface area (Å²) < 4.78 is 0. The van der Waals surface area contributed by atoms with Gasteiger partial charge in [-0.1, -0.05) is 12.8 Å². The minimum atomic E-state index is -0.0798. The number of hydrogen-bond donors (Lipinski definition) is 2. The molecule has 1 saturated carbocycles. The van der Waals surface area contributed by atoms with E-state index in [1.54, 1.807) is 12.3 Å². The summed E-state index contributed by atoms with van der Waals surface area (Å²) in [6, 6.07) is 12.1. The van der Waals surface area contributed by atoms with Crippen LogP contribution in [-0.4, -0.2) is 31.0 Å². The molecular formula is C19H24N4O. The third-order valence-corrected chi connectivity index (χ3v) is 4.36. The molecule has 0 bridgehead atoms. The molecule has 0 saturated heterocycles. The van der Waals surface area contributed by atoms with Crippen molar-refractivity contribution in [3.8, 4) is 0 Å². The summed E-state index contributed by atoms with van der Waals surface area (Å²) >= 11 is 0. The van der Waals surface area contributed by atoms with Crippen molar-refractivity contribution >= 4 is 23.0 Å². The fraction of sp³-hybridized carbons (Fsp3) is 0.368. The molecule has 0 spiro atoms. The van der Waals surface area contributed by atoms with Gasteiger partial charge in [-0.2, -0.15) is 0 Å². The SMILES string of the molecule is CN(C)c1ccc(Nc2ccc(C(=O)NC3CCCC3)nc2)cc1. The number of nitrogens with zero attached hydrogens (tertiary/aromatic N) is 2. The highest BCUT2D eigenvalue weighted by atomic mass is 16.1. The number of amides is 1. The van der Waals surface area contributed by atoms with E-state index in [1.807, 2.05) is 32.3 Å². The van der Waals surface area contributed by atoms with Crippen molar-refractivity contribution in [2.45, 2.75) is 31.7 Å². The zero-order chi connectivity index (χ0) is 16.9. The first-order valence-electron chi connectivity index (χ1n) is 8.43. The van der Waals surface area contributed by atoms with Crippen LogP contribution in [0.15, 0.2) is 42.6 Å². The van der Waals surface area contributed by atoms with E-state index in [0.29, 0.717) is 11.7 Å². The first-order chi connectivity index (χ1) is 11.6. The molecule has 1 aromatic carbocycles. The lowest BCUT2D eigenvalue weighted by molar-refractivity contribution is 0.0933. The van der Waals surface area contributed by atoms with Crippen LogP contribution in [0.1, 0.15) is 36.2 Å². The van der Waals surface area contributed by atoms with Gasteiger partial charge >= 0.3 is 0 Å². The van der Waals surface area contributed by atoms with Crippen LogP contribution in [0.2, 0.25) is 0 Å². The second-order valence-corrected chi connectivity index (χ2v) is 6.45. The smallest absolute Gasteiger partial charge is 0.270 e. The van der Waals surface area contributed by atoms with Crippen LogP contribution in [0, 0.1) is 0 Å². The summed E-state index contributed by atoms with van der Waals surface area (Å²) in [6.07, 6.45) is 6.26. The summed E-state index contributed by atoms with van der Waals surface area (Å²) in [5.41, 5.74) is 3.48. The topological polar surface area (TPSA) is 57.3 Å². The molecule has 126 valence electrons. The second-order valence-electron chi connectivity index (χ2n) is 6.45. The van der Waals surface area contributed by atoms with Crippen LogP contribution in [0.5, 0.6) is 0 Å². The highest BCUT2D eigenvalue weighted by Crippen LogP contribution is 2.20. The van der Waals surface area contributed by atoms with E-state index in [0.717, 1.165) is 29.9 Å². The van der Waals surface area contributed by atoms with Crippen molar-refractivity contribution in [1.82, 2.24) is 10.3 Å². The van der Waals surface area contributed by atoms with Gasteiger partial charge < -0.3 is 15.5 Å². The van der Waals surface area contributed by atoms with E-state index < -0.39 is 0 Å². The van der Waals surface area contributed by atoms with Crippen LogP contribution in [-0.2, 0) is 0 Å². The van der Waals surface area contributed by atoms with E-state index >= 15 is 0 Å². The second kappa shape index (κ2) is 7.34. The summed E-state index contributed by atoms with van der Waals surface area (Å²) in [6.45, 7) is 0. The van der Waals surface area contributed by atoms with Gasteiger partial charge in [0.25, 0.3) is 5.91 Å². The molecule has 2 aromatic rings. The van der Waals surface area contributed by atoms with Crippen molar-refractivity contribution in [3.63, 3.8) is 0 Å². The zero-order valence-electron chi connectivity index (χ0n) is 14.2. The molecule has 0 aliphatic heterocycles. The fourth-order valence-corrected chi connectivity index (χ4v) is 2.94. The number of anilines is 3. The molecule has 5 heteroatoms. The number of benzene rings is 1. The lowest BCUT2D eigenvalue weighted by atomic mass is 10.2. The largest absolute Gasteiger partial charge is 0.378 e. The molecular weight excluding hydrogens is 300 g/mol. The van der Waals surface area contributed by atoms with Crippen LogP contribution < -0.4 is 15.5 Å². The van der Waals surface area contributed by atoms with E-state index in [4.69, 9.17) is 0 Å². The van der Waals surface area contributed by atoms with Crippen LogP contribution >= 0.6 is 0 Å². The third kappa shape index (κ3) is 4.04. The summed E-state index contributed by atoms with van der Waals surface area (Å²) in [4.78, 5) is 18.5. The highest BCUT2D eigenvalue weighted by Gasteiger charge is 2.18. The summed E-state index contributed by atoms with van der Waals surface area (Å²) in [5.74, 6) is -0.0798. The Kier molecular flexibility index (Phi) is 4.99. The molecule has 3 rings (SSSR count). The predicted molar refractivity (Wildman–Crippen MR) is 98.0 cm³/mol. The van der Waals surface area contributed by atoms with Gasteiger partial charge in [-0.25, -0.2) is 4.98 Å². The number of hydrogen-bond acceptors (Lipinski definition) is 4. The minimum Gasteiger partial charge on any atom is -0.378 e. The molecule has 1 aliphatic carbocycles. The van der Waals surface area contributed by atoms with Crippen molar-refractivity contribution in [3.05, 3.63) is 48.3 Å². The maximum atomic E-state index is 12.2. The Bertz CT molecular complexity index is 674. The molecule has 0 atom stereocenters. The Hall–Kier alpha value is -2.56. The monoisotopic (exact) mass is 324 g/mol. The van der Waals surface area contributed by atoms with Gasteiger partial charge in [-0.15, -0.1) is 0 Å². The van der Waals surface area contributed by atoms with E-state index in [1.165, 1.54) is 12.8 Å². The summed E-state index contributed by atoms with van der Waals surface area (Å²) in [5, 5.41) is 6.35. The maximum Gasteiger partial charge on any atom is 0.270 e. The molecule has 5 nitrogen and oxygen atoms in total. The van der Waals surface area contributed by atoms with Crippen molar-refractivity contribution in [2.24, 2.45) is 0 Å². The van der Waals surface area contributed by atoms with Gasteiger partial charge in [0.1, 0.15) is 5.69 Å². The quantitative estimate of drug-likeness (QED) is 0.883. The normalized spacial score (nSPS) is 14.4. The van der Waals surface area contributed by atoms with Crippen LogP contribution in [0.4, 0.5) is 17.1 Å². The van der Waals surface area contributed by atoms with Gasteiger partial charge in [0.2, 0.25) is 0 Å². The molecule has 1 aliphatic rings. The van der Waals surface area contributed by atoms with Gasteiger partial charge in [0.15, 0.2) is 0 Å². The molecule has 0 radical (unpaired) electrons. The van der Waals surface area contributed by atoms with Crippen molar-refractivity contribution in [1.29, 1.82) is 0 Å². The number of pyridine rings is 1. The maximum absolute atomic E-state index is 12.2. The molecule has 2 N–H and O–H groups in total. The van der Waals surface area contributed by atoms with Crippen LogP contribution in [0.3, 0.4) is 0 Å². The first kappa shape index (κ1) is 16.3. The molecule has 1 fully saturated rings. The van der Waals surface area contributed by atoms with Gasteiger partial charge in [-0.05, 0) is 49.2 Å². The lowest BCUT2D eigenvalue weighted by Gasteiger charge is -2.14. The average Bonchev–Trinajstić information content (AvgIpc) is 3.09. The van der Waals surface area contributed by atoms with Gasteiger partial charge in [-0.3, -0.25) is 4.79 Å². The van der Waals surface area contributed by atoms with E-state index in [2.05, 4.69) is 32.7 Å². The zero-order valence-corrected chi connectivity index (χ0v) is 14.2. The van der Waals surface area contributed by atoms with E-state index in [9.17, 15) is 4.79 Å². The molecule has 1 aromatic heterocycles. The van der Waals surface area contributed by atoms with E-state index in [-0.39, 0.29) is 5.91 Å². The number of nitrogens with one attached hydrogen (secondary N) is 2. The fourth-order valence-electron chi connectivity index (χ4n) is 2.94. The number of rotatable bonds is 5. The Morgan fingerprint density at radius 2 is 1.71 bits per heavy atom. The lowest BCUT2D eigenvalue weighted by Crippen LogP contribution is -2.33. The predicted octanol–water partition coefficient (Wildman–Crippen LogP) is 3.56. The Balaban J connectivity index is 1.60. The Labute approximate surface area is 143 Å². The van der Waals surface area contributed by atoms with Crippen LogP contribution in [0.25, 0.3) is 0 Å². The number of carbonyl (C=O) groups excluding carboxylic acids is 1. The number of carbonyl (C=O) groups is 1. The van der Waals surface area contributed by atoms with Gasteiger partial charge in [0, 0.05) is 31.5 Å². The minimum absolute atomic E-state index is 0.0798. The molecule has 1 amide bonds. The first-order valence-corrected chi connectivity index (χ1v) is 8.43. The Morgan fingerprint density at radius 3 is 2.29 bits per heavy atom. The molecule has 0 unspecified atom stereocenters. The van der Waals surface area contributed by atoms with Gasteiger partial charge in [0.05, 0.1) is 11.9 Å².